The van der Waals surface area contributed by atoms with Crippen molar-refractivity contribution in [3.05, 3.63) is 93.4 Å². The summed E-state index contributed by atoms with van der Waals surface area (Å²) in [5.74, 6) is -0.863. The third-order valence-electron chi connectivity index (χ3n) is 5.98. The van der Waals surface area contributed by atoms with Crippen molar-refractivity contribution in [3.8, 4) is 0 Å². The van der Waals surface area contributed by atoms with E-state index in [0.717, 1.165) is 16.3 Å². The van der Waals surface area contributed by atoms with Crippen LogP contribution in [0.25, 0.3) is 0 Å². The number of nitrogens with one attached hydrogen (secondary N) is 1. The van der Waals surface area contributed by atoms with Crippen LogP contribution in [0.15, 0.2) is 77.7 Å². The molecule has 0 aliphatic heterocycles. The molecule has 3 aromatic rings. The van der Waals surface area contributed by atoms with Crippen LogP contribution in [0.5, 0.6) is 0 Å². The summed E-state index contributed by atoms with van der Waals surface area (Å²) in [6.45, 7) is 3.71. The normalized spacial score (nSPS) is 12.0. The summed E-state index contributed by atoms with van der Waals surface area (Å²) in [6, 6.07) is 18.0. The van der Waals surface area contributed by atoms with Crippen molar-refractivity contribution in [2.24, 2.45) is 0 Å². The second-order valence-electron chi connectivity index (χ2n) is 8.81. The molecule has 0 fully saturated rings. The number of rotatable bonds is 12. The van der Waals surface area contributed by atoms with Gasteiger partial charge in [-0.1, -0.05) is 66.8 Å². The molecule has 208 valence electrons. The lowest BCUT2D eigenvalue weighted by atomic mass is 10.1. The Balaban J connectivity index is 2.04. The van der Waals surface area contributed by atoms with Crippen LogP contribution in [-0.2, 0) is 26.2 Å². The van der Waals surface area contributed by atoms with E-state index in [-0.39, 0.29) is 23.0 Å². The van der Waals surface area contributed by atoms with Crippen LogP contribution >= 0.6 is 34.8 Å². The minimum Gasteiger partial charge on any atom is -0.354 e. The van der Waals surface area contributed by atoms with Gasteiger partial charge in [0.25, 0.3) is 10.0 Å². The molecule has 7 nitrogen and oxygen atoms in total. The Morgan fingerprint density at radius 3 is 2.05 bits per heavy atom. The Kier molecular flexibility index (Phi) is 11.1. The third-order valence-corrected chi connectivity index (χ3v) is 8.51. The van der Waals surface area contributed by atoms with Gasteiger partial charge in [-0.05, 0) is 73.0 Å². The second-order valence-corrected chi connectivity index (χ2v) is 12.0. The van der Waals surface area contributed by atoms with E-state index in [2.05, 4.69) is 5.32 Å². The van der Waals surface area contributed by atoms with Crippen LogP contribution in [0.2, 0.25) is 15.1 Å². The lowest BCUT2D eigenvalue weighted by molar-refractivity contribution is -0.140. The number of hydrogen-bond donors (Lipinski definition) is 1. The molecule has 0 saturated heterocycles. The van der Waals surface area contributed by atoms with Crippen LogP contribution in [0.4, 0.5) is 5.69 Å². The zero-order chi connectivity index (χ0) is 28.6. The van der Waals surface area contributed by atoms with E-state index in [0.29, 0.717) is 28.0 Å². The fourth-order valence-corrected chi connectivity index (χ4v) is 5.81. The Morgan fingerprint density at radius 1 is 0.872 bits per heavy atom. The molecule has 1 N–H and O–H groups in total. The molecule has 3 aromatic carbocycles. The first-order valence-electron chi connectivity index (χ1n) is 12.4. The summed E-state index contributed by atoms with van der Waals surface area (Å²) in [5.41, 5.74) is 0.949. The summed E-state index contributed by atoms with van der Waals surface area (Å²) in [5, 5.41) is 4.06. The van der Waals surface area contributed by atoms with Crippen molar-refractivity contribution in [2.75, 3.05) is 17.4 Å². The van der Waals surface area contributed by atoms with E-state index in [4.69, 9.17) is 34.8 Å². The smallest absolute Gasteiger partial charge is 0.264 e. The number of halogens is 3. The van der Waals surface area contributed by atoms with Gasteiger partial charge in [0.2, 0.25) is 11.8 Å². The maximum absolute atomic E-state index is 14.0. The van der Waals surface area contributed by atoms with Crippen LogP contribution in [0, 0.1) is 0 Å². The Hall–Kier alpha value is -2.78. The van der Waals surface area contributed by atoms with Crippen LogP contribution in [0.1, 0.15) is 32.3 Å². The maximum Gasteiger partial charge on any atom is 0.264 e. The summed E-state index contributed by atoms with van der Waals surface area (Å²) >= 11 is 18.2. The molecule has 2 amide bonds. The topological polar surface area (TPSA) is 86.8 Å². The van der Waals surface area contributed by atoms with Gasteiger partial charge in [0.1, 0.15) is 12.6 Å². The van der Waals surface area contributed by atoms with E-state index >= 15 is 0 Å². The predicted molar refractivity (Wildman–Crippen MR) is 157 cm³/mol. The molecular weight excluding hydrogens is 581 g/mol. The number of sulfonamides is 1. The molecule has 0 heterocycles. The monoisotopic (exact) mass is 609 g/mol. The van der Waals surface area contributed by atoms with E-state index in [1.165, 1.54) is 35.2 Å². The molecule has 11 heteroatoms. The highest BCUT2D eigenvalue weighted by molar-refractivity contribution is 7.92. The number of anilines is 1. The highest BCUT2D eigenvalue weighted by atomic mass is 35.5. The van der Waals surface area contributed by atoms with Gasteiger partial charge in [-0.2, -0.15) is 0 Å². The lowest BCUT2D eigenvalue weighted by Gasteiger charge is -2.33. The largest absolute Gasteiger partial charge is 0.354 e. The SMILES string of the molecule is CCCNC(=O)[C@@H](CC)N(Cc1ccc(Cl)cc1)C(=O)CN(c1cccc(Cl)c1)S(=O)(=O)c1ccc(Cl)cc1. The fourth-order valence-electron chi connectivity index (χ4n) is 3.97. The summed E-state index contributed by atoms with van der Waals surface area (Å²) in [6.07, 6.45) is 1.06. The quantitative estimate of drug-likeness (QED) is 0.266. The number of nitrogens with zero attached hydrogens (tertiary/aromatic N) is 2. The van der Waals surface area contributed by atoms with Crippen LogP contribution < -0.4 is 9.62 Å². The first kappa shape index (κ1) is 30.8. The molecule has 0 aromatic heterocycles. The van der Waals surface area contributed by atoms with Crippen molar-refractivity contribution in [1.82, 2.24) is 10.2 Å². The van der Waals surface area contributed by atoms with E-state index < -0.39 is 28.5 Å². The standard InChI is InChI=1S/C28H30Cl3N3O4S/c1-3-16-32-28(36)26(4-2)33(18-20-8-10-21(29)11-9-20)27(35)19-34(24-7-5-6-23(31)17-24)39(37,38)25-14-12-22(30)13-15-25/h5-15,17,26H,3-4,16,18-19H2,1-2H3,(H,32,36)/t26-/m1/s1. The molecule has 39 heavy (non-hydrogen) atoms. The number of amides is 2. The highest BCUT2D eigenvalue weighted by Crippen LogP contribution is 2.28. The van der Waals surface area contributed by atoms with E-state index in [1.807, 2.05) is 6.92 Å². The first-order valence-corrected chi connectivity index (χ1v) is 15.0. The zero-order valence-electron chi connectivity index (χ0n) is 21.6. The van der Waals surface area contributed by atoms with Crippen molar-refractivity contribution in [3.63, 3.8) is 0 Å². The molecule has 0 aliphatic rings. The fraction of sp³-hybridized carbons (Fsp3) is 0.286. The van der Waals surface area contributed by atoms with Crippen LogP contribution in [0.3, 0.4) is 0 Å². The van der Waals surface area contributed by atoms with Crippen molar-refractivity contribution >= 4 is 62.3 Å². The lowest BCUT2D eigenvalue weighted by Crippen LogP contribution is -2.52. The van der Waals surface area contributed by atoms with Gasteiger partial charge in [0, 0.05) is 28.2 Å². The Labute approximate surface area is 244 Å². The summed E-state index contributed by atoms with van der Waals surface area (Å²) in [4.78, 5) is 28.4. The van der Waals surface area contributed by atoms with Crippen molar-refractivity contribution in [1.29, 1.82) is 0 Å². The molecule has 3 rings (SSSR count). The first-order chi connectivity index (χ1) is 18.6. The number of benzene rings is 3. The Bertz CT molecular complexity index is 1380. The highest BCUT2D eigenvalue weighted by Gasteiger charge is 2.33. The number of hydrogen-bond acceptors (Lipinski definition) is 4. The number of carbonyl (C=O) groups is 2. The molecular formula is C28H30Cl3N3O4S. The summed E-state index contributed by atoms with van der Waals surface area (Å²) in [7, 11) is -4.21. The van der Waals surface area contributed by atoms with E-state index in [1.54, 1.807) is 49.4 Å². The molecule has 0 bridgehead atoms. The zero-order valence-corrected chi connectivity index (χ0v) is 24.7. The molecule has 0 unspecified atom stereocenters. The minimum absolute atomic E-state index is 0.0448. The van der Waals surface area contributed by atoms with Gasteiger partial charge >= 0.3 is 0 Å². The van der Waals surface area contributed by atoms with Crippen LogP contribution in [-0.4, -0.2) is 44.3 Å². The van der Waals surface area contributed by atoms with Gasteiger partial charge in [-0.25, -0.2) is 8.42 Å². The second kappa shape index (κ2) is 14.0. The molecule has 1 atom stereocenters. The van der Waals surface area contributed by atoms with Gasteiger partial charge in [-0.15, -0.1) is 0 Å². The summed E-state index contributed by atoms with van der Waals surface area (Å²) < 4.78 is 28.6. The average molecular weight is 611 g/mol. The minimum atomic E-state index is -4.21. The molecule has 0 saturated carbocycles. The van der Waals surface area contributed by atoms with Gasteiger partial charge in [0.05, 0.1) is 10.6 Å². The Morgan fingerprint density at radius 2 is 1.49 bits per heavy atom. The number of carbonyl (C=O) groups excluding carboxylic acids is 2. The van der Waals surface area contributed by atoms with Gasteiger partial charge in [-0.3, -0.25) is 13.9 Å². The van der Waals surface area contributed by atoms with Crippen molar-refractivity contribution < 1.29 is 18.0 Å². The maximum atomic E-state index is 14.0. The molecule has 0 radical (unpaired) electrons. The van der Waals surface area contributed by atoms with Gasteiger partial charge in [0.15, 0.2) is 0 Å². The molecule has 0 aliphatic carbocycles. The molecule has 0 spiro atoms. The average Bonchev–Trinajstić information content (AvgIpc) is 2.91. The van der Waals surface area contributed by atoms with Gasteiger partial charge < -0.3 is 10.2 Å². The van der Waals surface area contributed by atoms with Crippen molar-refractivity contribution in [2.45, 2.75) is 44.2 Å². The predicted octanol–water partition coefficient (Wildman–Crippen LogP) is 6.18. The van der Waals surface area contributed by atoms with E-state index in [9.17, 15) is 18.0 Å². The third kappa shape index (κ3) is 8.11.